The summed E-state index contributed by atoms with van der Waals surface area (Å²) in [7, 11) is 3.15. The second-order valence-corrected chi connectivity index (χ2v) is 3.38. The van der Waals surface area contributed by atoms with Gasteiger partial charge < -0.3 is 9.74 Å². The van der Waals surface area contributed by atoms with Crippen LogP contribution in [-0.2, 0) is 9.63 Å². The van der Waals surface area contributed by atoms with Crippen molar-refractivity contribution in [2.45, 2.75) is 13.3 Å². The van der Waals surface area contributed by atoms with Crippen molar-refractivity contribution in [1.82, 2.24) is 9.96 Å². The highest BCUT2D eigenvalue weighted by molar-refractivity contribution is 5.81. The molecule has 1 rings (SSSR count). The lowest BCUT2D eigenvalue weighted by molar-refractivity contribution is -0.162. The van der Waals surface area contributed by atoms with E-state index in [4.69, 9.17) is 4.84 Å². The SMILES string of the molecule is C[C@@H]1CCN(OC(=O)N(C)C)C1=O. The minimum atomic E-state index is -0.512. The predicted octanol–water partition coefficient (Wildman–Crippen LogP) is 0.468. The minimum Gasteiger partial charge on any atom is -0.319 e. The van der Waals surface area contributed by atoms with E-state index in [2.05, 4.69) is 0 Å². The third kappa shape index (κ3) is 2.11. The van der Waals surface area contributed by atoms with Crippen LogP contribution in [0.2, 0.25) is 0 Å². The second-order valence-electron chi connectivity index (χ2n) is 3.38. The topological polar surface area (TPSA) is 49.9 Å². The van der Waals surface area contributed by atoms with Crippen molar-refractivity contribution in [1.29, 1.82) is 0 Å². The lowest BCUT2D eigenvalue weighted by Gasteiger charge is -2.17. The molecule has 0 aromatic heterocycles. The van der Waals surface area contributed by atoms with E-state index in [1.54, 1.807) is 14.1 Å². The van der Waals surface area contributed by atoms with Crippen molar-refractivity contribution in [3.05, 3.63) is 0 Å². The zero-order chi connectivity index (χ0) is 10.0. The highest BCUT2D eigenvalue weighted by Crippen LogP contribution is 2.17. The molecule has 13 heavy (non-hydrogen) atoms. The van der Waals surface area contributed by atoms with Crippen LogP contribution in [0.4, 0.5) is 4.79 Å². The monoisotopic (exact) mass is 186 g/mol. The first-order valence-corrected chi connectivity index (χ1v) is 4.23. The van der Waals surface area contributed by atoms with Crippen molar-refractivity contribution in [3.63, 3.8) is 0 Å². The third-order valence-electron chi connectivity index (χ3n) is 1.99. The van der Waals surface area contributed by atoms with Crippen LogP contribution in [0.25, 0.3) is 0 Å². The van der Waals surface area contributed by atoms with E-state index in [1.807, 2.05) is 6.92 Å². The molecule has 1 atom stereocenters. The van der Waals surface area contributed by atoms with E-state index in [0.29, 0.717) is 6.54 Å². The molecule has 0 aliphatic carbocycles. The summed E-state index contributed by atoms with van der Waals surface area (Å²) in [5.74, 6) is -0.148. The Labute approximate surface area is 77.2 Å². The number of hydrogen-bond donors (Lipinski definition) is 0. The zero-order valence-electron chi connectivity index (χ0n) is 8.11. The van der Waals surface area contributed by atoms with Gasteiger partial charge in [-0.15, -0.1) is 0 Å². The second kappa shape index (κ2) is 3.64. The molecule has 0 radical (unpaired) electrons. The highest BCUT2D eigenvalue weighted by atomic mass is 16.7. The van der Waals surface area contributed by atoms with Gasteiger partial charge in [-0.1, -0.05) is 6.92 Å². The first kappa shape index (κ1) is 9.83. The third-order valence-corrected chi connectivity index (χ3v) is 1.99. The Morgan fingerprint density at radius 3 is 2.62 bits per heavy atom. The Balaban J connectivity index is 2.47. The fourth-order valence-corrected chi connectivity index (χ4v) is 1.06. The van der Waals surface area contributed by atoms with Crippen LogP contribution in [0.1, 0.15) is 13.3 Å². The van der Waals surface area contributed by atoms with Crippen LogP contribution >= 0.6 is 0 Å². The number of nitrogens with zero attached hydrogens (tertiary/aromatic N) is 2. The minimum absolute atomic E-state index is 0.0324. The summed E-state index contributed by atoms with van der Waals surface area (Å²) < 4.78 is 0. The van der Waals surface area contributed by atoms with Crippen LogP contribution < -0.4 is 0 Å². The molecule has 0 aromatic carbocycles. The Kier molecular flexibility index (Phi) is 2.75. The molecule has 2 amide bonds. The van der Waals surface area contributed by atoms with Crippen molar-refractivity contribution in [2.75, 3.05) is 20.6 Å². The van der Waals surface area contributed by atoms with Gasteiger partial charge in [0.05, 0.1) is 6.54 Å². The van der Waals surface area contributed by atoms with Crippen molar-refractivity contribution in [3.8, 4) is 0 Å². The Morgan fingerprint density at radius 1 is 1.62 bits per heavy atom. The number of carbonyl (C=O) groups excluding carboxylic acids is 2. The molecular weight excluding hydrogens is 172 g/mol. The van der Waals surface area contributed by atoms with Gasteiger partial charge in [-0.3, -0.25) is 4.79 Å². The van der Waals surface area contributed by atoms with Crippen molar-refractivity contribution >= 4 is 12.0 Å². The van der Waals surface area contributed by atoms with Gasteiger partial charge in [-0.05, 0) is 6.42 Å². The van der Waals surface area contributed by atoms with E-state index in [9.17, 15) is 9.59 Å². The molecule has 0 N–H and O–H groups in total. The van der Waals surface area contributed by atoms with Gasteiger partial charge in [0, 0.05) is 20.0 Å². The van der Waals surface area contributed by atoms with E-state index in [0.717, 1.165) is 11.5 Å². The largest absolute Gasteiger partial charge is 0.433 e. The van der Waals surface area contributed by atoms with Crippen LogP contribution in [0.3, 0.4) is 0 Å². The molecule has 5 heteroatoms. The van der Waals surface area contributed by atoms with Gasteiger partial charge in [-0.25, -0.2) is 4.79 Å². The van der Waals surface area contributed by atoms with Crippen LogP contribution in [-0.4, -0.2) is 42.6 Å². The maximum atomic E-state index is 11.3. The lowest BCUT2D eigenvalue weighted by Crippen LogP contribution is -2.34. The summed E-state index contributed by atoms with van der Waals surface area (Å²) in [6.07, 6.45) is 0.238. The Hall–Kier alpha value is -1.26. The normalized spacial score (nSPS) is 21.9. The van der Waals surface area contributed by atoms with Gasteiger partial charge in [0.25, 0.3) is 5.91 Å². The number of hydrogen-bond acceptors (Lipinski definition) is 3. The van der Waals surface area contributed by atoms with E-state index in [1.165, 1.54) is 4.90 Å². The average molecular weight is 186 g/mol. The molecule has 0 spiro atoms. The van der Waals surface area contributed by atoms with Gasteiger partial charge in [0.1, 0.15) is 0 Å². The van der Waals surface area contributed by atoms with Gasteiger partial charge >= 0.3 is 6.09 Å². The maximum absolute atomic E-state index is 11.3. The number of hydroxylamine groups is 2. The van der Waals surface area contributed by atoms with Crippen LogP contribution in [0.5, 0.6) is 0 Å². The summed E-state index contributed by atoms with van der Waals surface area (Å²) in [5, 5.41) is 1.13. The smallest absolute Gasteiger partial charge is 0.319 e. The summed E-state index contributed by atoms with van der Waals surface area (Å²) in [6.45, 7) is 2.32. The number of amides is 2. The van der Waals surface area contributed by atoms with Crippen molar-refractivity contribution in [2.24, 2.45) is 5.92 Å². The molecule has 1 fully saturated rings. The van der Waals surface area contributed by atoms with Crippen LogP contribution in [0, 0.1) is 5.92 Å². The van der Waals surface area contributed by atoms with Crippen molar-refractivity contribution < 1.29 is 14.4 Å². The first-order chi connectivity index (χ1) is 6.02. The molecule has 0 bridgehead atoms. The molecule has 5 nitrogen and oxygen atoms in total. The van der Waals surface area contributed by atoms with Gasteiger partial charge in [0.15, 0.2) is 0 Å². The standard InChI is InChI=1S/C8H14N2O3/c1-6-4-5-10(7(6)11)13-8(12)9(2)3/h6H,4-5H2,1-3H3/t6-/m1/s1. The molecule has 0 aromatic rings. The number of rotatable bonds is 1. The molecule has 1 heterocycles. The summed E-state index contributed by atoms with van der Waals surface area (Å²) >= 11 is 0. The fourth-order valence-electron chi connectivity index (χ4n) is 1.06. The van der Waals surface area contributed by atoms with Gasteiger partial charge in [0.2, 0.25) is 0 Å². The van der Waals surface area contributed by atoms with E-state index < -0.39 is 6.09 Å². The van der Waals surface area contributed by atoms with Gasteiger partial charge in [-0.2, -0.15) is 5.06 Å². The van der Waals surface area contributed by atoms with E-state index in [-0.39, 0.29) is 11.8 Å². The lowest BCUT2D eigenvalue weighted by atomic mass is 10.1. The van der Waals surface area contributed by atoms with Crippen LogP contribution in [0.15, 0.2) is 0 Å². The van der Waals surface area contributed by atoms with E-state index >= 15 is 0 Å². The molecule has 0 saturated carbocycles. The average Bonchev–Trinajstić information content (AvgIpc) is 2.36. The summed E-state index contributed by atoms with van der Waals surface area (Å²) in [6, 6.07) is 0. The highest BCUT2D eigenvalue weighted by Gasteiger charge is 2.31. The predicted molar refractivity (Wildman–Crippen MR) is 45.7 cm³/mol. The summed E-state index contributed by atoms with van der Waals surface area (Å²) in [5.41, 5.74) is 0. The summed E-state index contributed by atoms with van der Waals surface area (Å²) in [4.78, 5) is 28.5. The molecule has 1 aliphatic heterocycles. The molecule has 1 aliphatic rings. The quantitative estimate of drug-likeness (QED) is 0.598. The molecular formula is C8H14N2O3. The molecule has 1 saturated heterocycles. The maximum Gasteiger partial charge on any atom is 0.433 e. The first-order valence-electron chi connectivity index (χ1n) is 4.23. The number of carbonyl (C=O) groups is 2. The molecule has 0 unspecified atom stereocenters. The Bertz CT molecular complexity index is 227. The molecule has 74 valence electrons. The Morgan fingerprint density at radius 2 is 2.23 bits per heavy atom. The fraction of sp³-hybridized carbons (Fsp3) is 0.750. The zero-order valence-corrected chi connectivity index (χ0v) is 8.11.